The highest BCUT2D eigenvalue weighted by atomic mass is 16.5. The molecule has 0 saturated carbocycles. The van der Waals surface area contributed by atoms with Crippen molar-refractivity contribution in [2.75, 3.05) is 32.1 Å². The number of morpholine rings is 1. The first kappa shape index (κ1) is 18.5. The fourth-order valence-electron chi connectivity index (χ4n) is 3.45. The predicted octanol–water partition coefficient (Wildman–Crippen LogP) is 4.41. The molecule has 144 valence electrons. The third-order valence-corrected chi connectivity index (χ3v) is 4.92. The molecule has 5 heteroatoms. The van der Waals surface area contributed by atoms with Crippen LogP contribution in [0.4, 0.5) is 11.5 Å². The molecule has 1 atom stereocenters. The number of methoxy groups -OCH3 is 1. The number of anilines is 2. The quantitative estimate of drug-likeness (QED) is 0.692. The van der Waals surface area contributed by atoms with Gasteiger partial charge in [0.1, 0.15) is 11.6 Å². The second-order valence-corrected chi connectivity index (χ2v) is 6.88. The van der Waals surface area contributed by atoms with Crippen LogP contribution >= 0.6 is 0 Å². The first-order valence-corrected chi connectivity index (χ1v) is 9.56. The molecule has 1 aromatic heterocycles. The third kappa shape index (κ3) is 4.50. The lowest BCUT2D eigenvalue weighted by Crippen LogP contribution is -2.37. The van der Waals surface area contributed by atoms with Crippen LogP contribution in [0.2, 0.25) is 0 Å². The van der Waals surface area contributed by atoms with Gasteiger partial charge in [0.2, 0.25) is 0 Å². The number of nitrogens with zero attached hydrogens (tertiary/aromatic N) is 2. The van der Waals surface area contributed by atoms with Gasteiger partial charge in [-0.05, 0) is 29.3 Å². The molecule has 1 aliphatic heterocycles. The third-order valence-electron chi connectivity index (χ3n) is 4.92. The molecule has 0 bridgehead atoms. The molecular formula is C23H25N3O2. The molecular weight excluding hydrogens is 350 g/mol. The van der Waals surface area contributed by atoms with Crippen molar-refractivity contribution in [3.05, 3.63) is 84.1 Å². The summed E-state index contributed by atoms with van der Waals surface area (Å²) in [6, 6.07) is 22.4. The van der Waals surface area contributed by atoms with Crippen LogP contribution in [0.25, 0.3) is 0 Å². The second-order valence-electron chi connectivity index (χ2n) is 6.88. The molecule has 28 heavy (non-hydrogen) atoms. The largest absolute Gasteiger partial charge is 0.495 e. The average molecular weight is 375 g/mol. The molecule has 0 amide bonds. The van der Waals surface area contributed by atoms with Gasteiger partial charge in [0.15, 0.2) is 0 Å². The van der Waals surface area contributed by atoms with Crippen LogP contribution in [-0.4, -0.2) is 36.7 Å². The summed E-state index contributed by atoms with van der Waals surface area (Å²) in [5, 5.41) is 3.31. The summed E-state index contributed by atoms with van der Waals surface area (Å²) in [5.41, 5.74) is 3.34. The normalized spacial score (nSPS) is 17.2. The number of hydrogen-bond donors (Lipinski definition) is 1. The Bertz CT molecular complexity index is 884. The maximum atomic E-state index is 5.96. The van der Waals surface area contributed by atoms with Gasteiger partial charge in [-0.1, -0.05) is 48.5 Å². The first-order valence-electron chi connectivity index (χ1n) is 9.56. The van der Waals surface area contributed by atoms with Crippen LogP contribution in [-0.2, 0) is 11.3 Å². The highest BCUT2D eigenvalue weighted by Gasteiger charge is 2.21. The van der Waals surface area contributed by atoms with Gasteiger partial charge >= 0.3 is 0 Å². The maximum Gasteiger partial charge on any atom is 0.142 e. The lowest BCUT2D eigenvalue weighted by atomic mass is 10.1. The lowest BCUT2D eigenvalue weighted by molar-refractivity contribution is -0.0329. The van der Waals surface area contributed by atoms with Gasteiger partial charge in [0.25, 0.3) is 0 Å². The zero-order valence-electron chi connectivity index (χ0n) is 16.0. The van der Waals surface area contributed by atoms with Crippen LogP contribution in [0.15, 0.2) is 72.9 Å². The average Bonchev–Trinajstić information content (AvgIpc) is 2.76. The highest BCUT2D eigenvalue weighted by Crippen LogP contribution is 2.26. The number of hydrogen-bond acceptors (Lipinski definition) is 5. The molecule has 5 nitrogen and oxygen atoms in total. The zero-order valence-corrected chi connectivity index (χ0v) is 16.0. The SMILES string of the molecule is COc1ccccc1Nc1ccc(CN2CCO[C@@H](c3ccccc3)C2)cn1. The first-order chi connectivity index (χ1) is 13.8. The molecule has 0 radical (unpaired) electrons. The summed E-state index contributed by atoms with van der Waals surface area (Å²) in [6.07, 6.45) is 2.07. The molecule has 2 heterocycles. The fraction of sp³-hybridized carbons (Fsp3) is 0.261. The summed E-state index contributed by atoms with van der Waals surface area (Å²) < 4.78 is 11.3. The number of pyridine rings is 1. The van der Waals surface area contributed by atoms with Crippen molar-refractivity contribution < 1.29 is 9.47 Å². The Morgan fingerprint density at radius 3 is 2.68 bits per heavy atom. The van der Waals surface area contributed by atoms with Gasteiger partial charge in [0.05, 0.1) is 25.5 Å². The van der Waals surface area contributed by atoms with E-state index in [0.29, 0.717) is 0 Å². The molecule has 1 aliphatic rings. The van der Waals surface area contributed by atoms with E-state index in [1.807, 2.05) is 42.6 Å². The predicted molar refractivity (Wildman–Crippen MR) is 111 cm³/mol. The Morgan fingerprint density at radius 2 is 1.89 bits per heavy atom. The van der Waals surface area contributed by atoms with Crippen molar-refractivity contribution in [2.24, 2.45) is 0 Å². The monoisotopic (exact) mass is 375 g/mol. The Balaban J connectivity index is 1.38. The number of para-hydroxylation sites is 2. The zero-order chi connectivity index (χ0) is 19.2. The molecule has 0 spiro atoms. The molecule has 2 aromatic carbocycles. The van der Waals surface area contributed by atoms with Gasteiger partial charge in [0, 0.05) is 25.8 Å². The van der Waals surface area contributed by atoms with Gasteiger partial charge in [-0.15, -0.1) is 0 Å². The van der Waals surface area contributed by atoms with Crippen molar-refractivity contribution in [2.45, 2.75) is 12.6 Å². The smallest absolute Gasteiger partial charge is 0.142 e. The minimum absolute atomic E-state index is 0.134. The molecule has 4 rings (SSSR count). The van der Waals surface area contributed by atoms with E-state index in [0.717, 1.165) is 43.5 Å². The van der Waals surface area contributed by atoms with Gasteiger partial charge < -0.3 is 14.8 Å². The standard InChI is InChI=1S/C23H25N3O2/c1-27-21-10-6-5-9-20(21)25-23-12-11-18(15-24-23)16-26-13-14-28-22(17-26)19-7-3-2-4-8-19/h2-12,15,22H,13-14,16-17H2,1H3,(H,24,25)/t22-/m1/s1. The Morgan fingerprint density at radius 1 is 1.07 bits per heavy atom. The van der Waals surface area contributed by atoms with Crippen LogP contribution in [0.5, 0.6) is 5.75 Å². The number of ether oxygens (including phenoxy) is 2. The van der Waals surface area contributed by atoms with Crippen molar-refractivity contribution in [3.63, 3.8) is 0 Å². The lowest BCUT2D eigenvalue weighted by Gasteiger charge is -2.33. The van der Waals surface area contributed by atoms with E-state index < -0.39 is 0 Å². The molecule has 0 unspecified atom stereocenters. The van der Waals surface area contributed by atoms with Crippen LogP contribution in [0, 0.1) is 0 Å². The highest BCUT2D eigenvalue weighted by molar-refractivity contribution is 5.63. The molecule has 1 saturated heterocycles. The van der Waals surface area contributed by atoms with Gasteiger partial charge in [-0.2, -0.15) is 0 Å². The molecule has 1 fully saturated rings. The van der Waals surface area contributed by atoms with E-state index in [1.165, 1.54) is 11.1 Å². The van der Waals surface area contributed by atoms with Crippen LogP contribution in [0.3, 0.4) is 0 Å². The van der Waals surface area contributed by atoms with Gasteiger partial charge in [-0.25, -0.2) is 4.98 Å². The Labute approximate surface area is 165 Å². The summed E-state index contributed by atoms with van der Waals surface area (Å²) in [4.78, 5) is 6.99. The van der Waals surface area contributed by atoms with E-state index >= 15 is 0 Å². The number of aromatic nitrogens is 1. The van der Waals surface area contributed by atoms with Crippen LogP contribution < -0.4 is 10.1 Å². The second kappa shape index (κ2) is 8.87. The summed E-state index contributed by atoms with van der Waals surface area (Å²) in [6.45, 7) is 3.45. The van der Waals surface area contributed by atoms with Crippen molar-refractivity contribution in [3.8, 4) is 5.75 Å². The fourth-order valence-corrected chi connectivity index (χ4v) is 3.45. The molecule has 0 aliphatic carbocycles. The minimum atomic E-state index is 0.134. The maximum absolute atomic E-state index is 5.96. The number of rotatable bonds is 6. The summed E-state index contributed by atoms with van der Waals surface area (Å²) >= 11 is 0. The van der Waals surface area contributed by atoms with E-state index in [9.17, 15) is 0 Å². The Hall–Kier alpha value is -2.89. The van der Waals surface area contributed by atoms with Crippen LogP contribution in [0.1, 0.15) is 17.2 Å². The van der Waals surface area contributed by atoms with E-state index in [4.69, 9.17) is 9.47 Å². The van der Waals surface area contributed by atoms with Gasteiger partial charge in [-0.3, -0.25) is 4.90 Å². The molecule has 3 aromatic rings. The summed E-state index contributed by atoms with van der Waals surface area (Å²) in [7, 11) is 1.67. The topological polar surface area (TPSA) is 46.6 Å². The minimum Gasteiger partial charge on any atom is -0.495 e. The van der Waals surface area contributed by atoms with E-state index in [1.54, 1.807) is 7.11 Å². The van der Waals surface area contributed by atoms with Crippen molar-refractivity contribution >= 4 is 11.5 Å². The summed E-state index contributed by atoms with van der Waals surface area (Å²) in [5.74, 6) is 1.60. The molecule has 1 N–H and O–H groups in total. The van der Waals surface area contributed by atoms with E-state index in [-0.39, 0.29) is 6.10 Å². The Kier molecular flexibility index (Phi) is 5.85. The van der Waals surface area contributed by atoms with Crippen molar-refractivity contribution in [1.82, 2.24) is 9.88 Å². The number of nitrogens with one attached hydrogen (secondary N) is 1. The number of benzene rings is 2. The van der Waals surface area contributed by atoms with Crippen molar-refractivity contribution in [1.29, 1.82) is 0 Å². The van der Waals surface area contributed by atoms with E-state index in [2.05, 4.69) is 45.5 Å².